The highest BCUT2D eigenvalue weighted by molar-refractivity contribution is 7.89. The zero-order chi connectivity index (χ0) is 35.3. The van der Waals surface area contributed by atoms with E-state index < -0.39 is 57.7 Å². The number of nitrogens with one attached hydrogen (secondary N) is 3. The van der Waals surface area contributed by atoms with Crippen LogP contribution in [0.1, 0.15) is 70.8 Å². The first-order valence-corrected chi connectivity index (χ1v) is 19.1. The number of nitrogens with zero attached hydrogens (tertiary/aromatic N) is 4. The van der Waals surface area contributed by atoms with Crippen molar-refractivity contribution in [3.8, 4) is 12.3 Å². The van der Waals surface area contributed by atoms with E-state index in [9.17, 15) is 23.5 Å². The first-order chi connectivity index (χ1) is 22.8. The van der Waals surface area contributed by atoms with Gasteiger partial charge in [0, 0.05) is 39.6 Å². The van der Waals surface area contributed by atoms with Crippen LogP contribution in [0.25, 0.3) is 5.53 Å². The topological polar surface area (TPSA) is 164 Å². The zero-order valence-electron chi connectivity index (χ0n) is 29.3. The molecule has 2 amide bonds. The van der Waals surface area contributed by atoms with Crippen LogP contribution >= 0.6 is 0 Å². The van der Waals surface area contributed by atoms with Gasteiger partial charge < -0.3 is 31.9 Å². The summed E-state index contributed by atoms with van der Waals surface area (Å²) in [4.78, 5) is 30.0. The van der Waals surface area contributed by atoms with E-state index >= 15 is 0 Å². The number of terminal acetylenes is 1. The van der Waals surface area contributed by atoms with Crippen molar-refractivity contribution in [3.05, 3.63) is 41.4 Å². The Morgan fingerprint density at radius 2 is 1.73 bits per heavy atom. The van der Waals surface area contributed by atoms with Gasteiger partial charge in [0.15, 0.2) is 6.04 Å². The van der Waals surface area contributed by atoms with Gasteiger partial charge in [-0.2, -0.15) is 0 Å². The van der Waals surface area contributed by atoms with Gasteiger partial charge in [-0.1, -0.05) is 76.3 Å². The molecule has 1 heterocycles. The number of rotatable bonds is 18. The van der Waals surface area contributed by atoms with Crippen LogP contribution in [-0.2, 0) is 26.0 Å². The maximum atomic E-state index is 13.9. The van der Waals surface area contributed by atoms with E-state index in [2.05, 4.69) is 40.4 Å². The summed E-state index contributed by atoms with van der Waals surface area (Å²) in [7, 11) is -0.374. The maximum absolute atomic E-state index is 13.9. The second-order valence-corrected chi connectivity index (χ2v) is 16.2. The van der Waals surface area contributed by atoms with E-state index in [1.165, 1.54) is 17.9 Å². The maximum Gasteiger partial charge on any atom is 0.244 e. The Labute approximate surface area is 288 Å². The Balaban J connectivity index is 1.82. The van der Waals surface area contributed by atoms with Crippen LogP contribution in [0.5, 0.6) is 0 Å². The molecule has 1 aliphatic carbocycles. The third kappa shape index (κ3) is 12.2. The fraction of sp³-hybridized carbons (Fsp3) is 0.714. The largest absolute Gasteiger partial charge is 0.508 e. The molecule has 2 fully saturated rings. The lowest BCUT2D eigenvalue weighted by molar-refractivity contribution is -0.534. The lowest BCUT2D eigenvalue weighted by atomic mass is 9.81. The highest BCUT2D eigenvalue weighted by Crippen LogP contribution is 2.28. The molecular formula is C35H58N8O4S. The molecular weight excluding hydrogens is 629 g/mol. The Hall–Kier alpha value is -2.89. The van der Waals surface area contributed by atoms with Crippen LogP contribution < -0.4 is 21.5 Å². The number of hydrazine groups is 1. The van der Waals surface area contributed by atoms with Gasteiger partial charge in [0.05, 0.1) is 23.8 Å². The molecule has 13 heteroatoms. The van der Waals surface area contributed by atoms with Gasteiger partial charge in [-0.25, -0.2) is 13.4 Å². The highest BCUT2D eigenvalue weighted by atomic mass is 32.2. The first-order valence-electron chi connectivity index (χ1n) is 17.5. The van der Waals surface area contributed by atoms with Crippen molar-refractivity contribution in [2.24, 2.45) is 23.5 Å². The lowest BCUT2D eigenvalue weighted by Crippen LogP contribution is -2.83. The average molecular weight is 687 g/mol. The van der Waals surface area contributed by atoms with Crippen molar-refractivity contribution in [1.29, 1.82) is 0 Å². The molecule has 1 aliphatic heterocycles. The number of piperazine rings is 1. The number of likely N-dealkylation sites (N-methyl/N-ethyl adjacent to an activating group) is 1. The van der Waals surface area contributed by atoms with E-state index in [4.69, 9.17) is 12.2 Å². The Morgan fingerprint density at radius 1 is 1.08 bits per heavy atom. The molecule has 0 radical (unpaired) electrons. The smallest absolute Gasteiger partial charge is 0.244 e. The molecule has 1 aromatic rings. The molecule has 0 unspecified atom stereocenters. The summed E-state index contributed by atoms with van der Waals surface area (Å²) in [6.45, 7) is 6.67. The van der Waals surface area contributed by atoms with E-state index in [0.717, 1.165) is 44.3 Å². The number of hydrogen-bond acceptors (Lipinski definition) is 7. The molecule has 3 rings (SSSR count). The third-order valence-corrected chi connectivity index (χ3v) is 11.6. The van der Waals surface area contributed by atoms with E-state index in [1.54, 1.807) is 5.01 Å². The molecule has 0 bridgehead atoms. The molecule has 5 atom stereocenters. The molecule has 12 nitrogen and oxygen atoms in total. The van der Waals surface area contributed by atoms with Gasteiger partial charge in [-0.3, -0.25) is 9.59 Å². The summed E-state index contributed by atoms with van der Waals surface area (Å²) in [6, 6.07) is 6.58. The van der Waals surface area contributed by atoms with E-state index in [0.29, 0.717) is 31.8 Å². The van der Waals surface area contributed by atoms with Crippen molar-refractivity contribution in [2.45, 2.75) is 95.8 Å². The molecule has 48 heavy (non-hydrogen) atoms. The molecule has 0 aromatic heterocycles. The molecule has 1 saturated heterocycles. The molecule has 5 N–H and O–H groups in total. The predicted octanol–water partition coefficient (Wildman–Crippen LogP) is 1.08. The first kappa shape index (κ1) is 39.5. The van der Waals surface area contributed by atoms with Crippen molar-refractivity contribution < 1.29 is 23.1 Å². The molecule has 1 aromatic carbocycles. The van der Waals surface area contributed by atoms with E-state index in [1.807, 2.05) is 37.4 Å². The quantitative estimate of drug-likeness (QED) is 0.133. The minimum absolute atomic E-state index is 0.0883. The van der Waals surface area contributed by atoms with Crippen LogP contribution in [0.3, 0.4) is 0 Å². The van der Waals surface area contributed by atoms with Gasteiger partial charge in [0.2, 0.25) is 21.8 Å². The summed E-state index contributed by atoms with van der Waals surface area (Å²) >= 11 is 0. The fourth-order valence-electron chi connectivity index (χ4n) is 6.89. The minimum atomic E-state index is -3.89. The van der Waals surface area contributed by atoms with Crippen molar-refractivity contribution in [3.63, 3.8) is 0 Å². The number of carbonyl (C=O) groups is 2. The van der Waals surface area contributed by atoms with Crippen LogP contribution in [0.2, 0.25) is 0 Å². The van der Waals surface area contributed by atoms with Gasteiger partial charge >= 0.3 is 0 Å². The van der Waals surface area contributed by atoms with Crippen molar-refractivity contribution in [2.75, 3.05) is 46.0 Å². The second kappa shape index (κ2) is 19.3. The lowest BCUT2D eigenvalue weighted by Gasteiger charge is -2.37. The average Bonchev–Trinajstić information content (AvgIpc) is 3.05. The third-order valence-electron chi connectivity index (χ3n) is 9.77. The van der Waals surface area contributed by atoms with Gasteiger partial charge in [-0.05, 0) is 43.7 Å². The summed E-state index contributed by atoms with van der Waals surface area (Å²) in [5.74, 6) is 0.667. The van der Waals surface area contributed by atoms with Gasteiger partial charge in [0.25, 0.3) is 0 Å². The number of amides is 2. The summed E-state index contributed by atoms with van der Waals surface area (Å²) in [5, 5.41) is 10.0. The monoisotopic (exact) mass is 686 g/mol. The summed E-state index contributed by atoms with van der Waals surface area (Å²) in [5.41, 5.74) is 17.6. The predicted molar refractivity (Wildman–Crippen MR) is 188 cm³/mol. The zero-order valence-corrected chi connectivity index (χ0v) is 30.1. The molecule has 2 aliphatic rings. The van der Waals surface area contributed by atoms with Gasteiger partial charge in [-0.15, -0.1) is 16.8 Å². The highest BCUT2D eigenvalue weighted by Gasteiger charge is 2.37. The summed E-state index contributed by atoms with van der Waals surface area (Å²) < 4.78 is 28.6. The van der Waals surface area contributed by atoms with E-state index in [-0.39, 0.29) is 18.8 Å². The molecule has 1 saturated carbocycles. The molecule has 0 spiro atoms. The second-order valence-electron chi connectivity index (χ2n) is 14.1. The van der Waals surface area contributed by atoms with Crippen LogP contribution in [0, 0.1) is 30.1 Å². The normalized spacial score (nSPS) is 20.0. The van der Waals surface area contributed by atoms with Crippen molar-refractivity contribution >= 4 is 21.8 Å². The standard InChI is InChI=1S/C35H58N8O4S/c1-6-13-31(35(45)39-32(24-28-16-11-8-12-17-28)33(40-37)30(36)22-26(2)3)38-34(44)29(23-27-14-9-7-10-15-27)25-48(46,47)42(5)43-20-18-41(4)19-21-43/h1,7,9-10,14-15,26,28-33,40H,8,11-13,16-25,36H2,2-5H3,(H,38,44)(H,39,45)/t29-,30+,31+,32+,33+/m1/s1. The number of nitrogens with two attached hydrogens (primary N) is 1. The van der Waals surface area contributed by atoms with Crippen LogP contribution in [0.4, 0.5) is 0 Å². The Bertz CT molecular complexity index is 1310. The number of carbonyl (C=O) groups excluding carboxylic acids is 2. The molecule has 268 valence electrons. The number of hydrogen-bond donors (Lipinski definition) is 4. The number of benzene rings is 1. The number of sulfonamides is 1. The van der Waals surface area contributed by atoms with Crippen LogP contribution in [-0.4, -0.2) is 105 Å². The summed E-state index contributed by atoms with van der Waals surface area (Å²) in [6.07, 6.45) is 12.5. The van der Waals surface area contributed by atoms with Crippen LogP contribution in [0.15, 0.2) is 30.3 Å². The minimum Gasteiger partial charge on any atom is -0.508 e. The Morgan fingerprint density at radius 3 is 2.31 bits per heavy atom. The van der Waals surface area contributed by atoms with Crippen molar-refractivity contribution in [1.82, 2.24) is 25.0 Å². The SMILES string of the molecule is C#CC[C@H](NC(=O)[C@H](Cc1ccccc1)CS(=O)(=O)N(C)N1CCN(C)CC1)C(=O)N[C@@H](CC1CCCCC1)[C@@H]([NH+]=[N-])[C@@H](N)CC(C)C. The van der Waals surface area contributed by atoms with Gasteiger partial charge in [0.1, 0.15) is 6.04 Å². The fourth-order valence-corrected chi connectivity index (χ4v) is 8.40. The Kier molecular flexibility index (Phi) is 15.9.